The SMILES string of the molecule is NC(=O)CCc1ccc(Oc2ccc3c(c2)S(O)(O)N=C2CCCN23)cc1. The number of rotatable bonds is 5. The van der Waals surface area contributed by atoms with Gasteiger partial charge in [0, 0.05) is 25.5 Å². The fraction of sp³-hybridized carbons (Fsp3) is 0.263. The van der Waals surface area contributed by atoms with Gasteiger partial charge in [0.15, 0.2) is 0 Å². The molecule has 2 aromatic rings. The Kier molecular flexibility index (Phi) is 4.55. The topological polar surface area (TPSA) is 108 Å². The predicted octanol–water partition coefficient (Wildman–Crippen LogP) is 3.93. The average Bonchev–Trinajstić information content (AvgIpc) is 3.09. The quantitative estimate of drug-likeness (QED) is 0.720. The van der Waals surface area contributed by atoms with Gasteiger partial charge in [-0.05, 0) is 42.7 Å². The number of hydrogen-bond acceptors (Lipinski definition) is 6. The van der Waals surface area contributed by atoms with E-state index in [1.807, 2.05) is 41.3 Å². The van der Waals surface area contributed by atoms with Crippen molar-refractivity contribution in [3.05, 3.63) is 48.0 Å². The van der Waals surface area contributed by atoms with Crippen LogP contribution in [0.1, 0.15) is 24.8 Å². The lowest BCUT2D eigenvalue weighted by atomic mass is 10.1. The van der Waals surface area contributed by atoms with Crippen molar-refractivity contribution >= 4 is 28.2 Å². The molecule has 0 aromatic heterocycles. The third-order valence-corrected chi connectivity index (χ3v) is 6.04. The number of anilines is 1. The molecule has 0 aliphatic carbocycles. The van der Waals surface area contributed by atoms with Gasteiger partial charge in [0.25, 0.3) is 0 Å². The van der Waals surface area contributed by atoms with Gasteiger partial charge in [-0.1, -0.05) is 22.9 Å². The maximum Gasteiger partial charge on any atom is 0.217 e. The molecule has 2 aliphatic heterocycles. The van der Waals surface area contributed by atoms with Crippen molar-refractivity contribution in [2.45, 2.75) is 30.6 Å². The van der Waals surface area contributed by atoms with Crippen molar-refractivity contribution in [3.8, 4) is 11.5 Å². The van der Waals surface area contributed by atoms with Crippen LogP contribution in [0.3, 0.4) is 0 Å². The number of carbonyl (C=O) groups excluding carboxylic acids is 1. The van der Waals surface area contributed by atoms with Crippen LogP contribution in [0.15, 0.2) is 51.8 Å². The van der Waals surface area contributed by atoms with Crippen LogP contribution in [-0.4, -0.2) is 27.4 Å². The highest BCUT2D eigenvalue weighted by molar-refractivity contribution is 8.23. The molecule has 0 unspecified atom stereocenters. The second kappa shape index (κ2) is 6.88. The first-order valence-electron chi connectivity index (χ1n) is 8.76. The summed E-state index contributed by atoms with van der Waals surface area (Å²) in [7, 11) is -3.21. The number of hydrogen-bond donors (Lipinski definition) is 3. The van der Waals surface area contributed by atoms with E-state index in [2.05, 4.69) is 4.40 Å². The van der Waals surface area contributed by atoms with Crippen LogP contribution in [0.5, 0.6) is 11.5 Å². The number of nitrogens with two attached hydrogens (primary N) is 1. The van der Waals surface area contributed by atoms with Crippen molar-refractivity contribution in [3.63, 3.8) is 0 Å². The van der Waals surface area contributed by atoms with E-state index in [-0.39, 0.29) is 5.91 Å². The van der Waals surface area contributed by atoms with Gasteiger partial charge in [0.2, 0.25) is 5.91 Å². The molecule has 27 heavy (non-hydrogen) atoms. The first-order valence-corrected chi connectivity index (χ1v) is 10.3. The van der Waals surface area contributed by atoms with Crippen molar-refractivity contribution in [2.24, 2.45) is 10.1 Å². The maximum absolute atomic E-state index is 10.9. The van der Waals surface area contributed by atoms with Crippen molar-refractivity contribution in [1.29, 1.82) is 0 Å². The lowest BCUT2D eigenvalue weighted by Crippen LogP contribution is -2.29. The number of amides is 1. The predicted molar refractivity (Wildman–Crippen MR) is 106 cm³/mol. The Labute approximate surface area is 159 Å². The summed E-state index contributed by atoms with van der Waals surface area (Å²) in [5, 5.41) is 0. The number of fused-ring (bicyclic) bond motifs is 3. The largest absolute Gasteiger partial charge is 0.457 e. The lowest BCUT2D eigenvalue weighted by Gasteiger charge is -2.37. The van der Waals surface area contributed by atoms with Crippen LogP contribution in [0.25, 0.3) is 0 Å². The van der Waals surface area contributed by atoms with Crippen LogP contribution in [0.4, 0.5) is 5.69 Å². The minimum absolute atomic E-state index is 0.307. The van der Waals surface area contributed by atoms with Crippen molar-refractivity contribution in [1.82, 2.24) is 0 Å². The fourth-order valence-corrected chi connectivity index (χ4v) is 4.65. The third kappa shape index (κ3) is 3.64. The molecule has 8 heteroatoms. The first-order chi connectivity index (χ1) is 12.9. The van der Waals surface area contributed by atoms with E-state index in [0.717, 1.165) is 36.5 Å². The van der Waals surface area contributed by atoms with Gasteiger partial charge in [-0.3, -0.25) is 13.9 Å². The Hall–Kier alpha value is -2.55. The Bertz CT molecular complexity index is 912. The summed E-state index contributed by atoms with van der Waals surface area (Å²) in [6, 6.07) is 12.7. The minimum atomic E-state index is -3.21. The molecule has 1 fully saturated rings. The summed E-state index contributed by atoms with van der Waals surface area (Å²) >= 11 is 0. The van der Waals surface area contributed by atoms with Crippen LogP contribution in [0.2, 0.25) is 0 Å². The molecule has 0 radical (unpaired) electrons. The zero-order chi connectivity index (χ0) is 19.0. The molecule has 142 valence electrons. The maximum atomic E-state index is 10.9. The van der Waals surface area contributed by atoms with E-state index in [1.54, 1.807) is 6.07 Å². The standard InChI is InChI=1S/C19H21N3O4S/c20-18(23)10-5-13-3-6-14(7-4-13)26-15-8-9-16-17(12-15)27(24,25)21-19-2-1-11-22(16)19/h3-4,6-9,12,24-25H,1-2,5,10-11H2,(H2,20,23). The third-order valence-electron chi connectivity index (χ3n) is 4.66. The van der Waals surface area contributed by atoms with E-state index >= 15 is 0 Å². The Morgan fingerprint density at radius 3 is 2.67 bits per heavy atom. The second-order valence-electron chi connectivity index (χ2n) is 6.62. The Morgan fingerprint density at radius 1 is 1.19 bits per heavy atom. The van der Waals surface area contributed by atoms with E-state index in [4.69, 9.17) is 10.5 Å². The molecule has 1 saturated heterocycles. The number of amidine groups is 1. The van der Waals surface area contributed by atoms with Gasteiger partial charge < -0.3 is 15.4 Å². The van der Waals surface area contributed by atoms with Gasteiger partial charge in [0.05, 0.1) is 5.69 Å². The number of carbonyl (C=O) groups is 1. The van der Waals surface area contributed by atoms with Gasteiger partial charge in [-0.15, -0.1) is 4.40 Å². The Morgan fingerprint density at radius 2 is 1.93 bits per heavy atom. The monoisotopic (exact) mass is 387 g/mol. The highest BCUT2D eigenvalue weighted by atomic mass is 32.3. The Balaban J connectivity index is 1.54. The molecule has 0 atom stereocenters. The summed E-state index contributed by atoms with van der Waals surface area (Å²) in [5.74, 6) is 1.54. The van der Waals surface area contributed by atoms with E-state index in [9.17, 15) is 13.9 Å². The smallest absolute Gasteiger partial charge is 0.217 e. The lowest BCUT2D eigenvalue weighted by molar-refractivity contribution is -0.117. The molecule has 2 aromatic carbocycles. The molecule has 2 heterocycles. The molecule has 0 bridgehead atoms. The number of ether oxygens (including phenoxy) is 1. The first kappa shape index (κ1) is 17.8. The van der Waals surface area contributed by atoms with Crippen molar-refractivity contribution in [2.75, 3.05) is 11.4 Å². The molecule has 7 nitrogen and oxygen atoms in total. The zero-order valence-electron chi connectivity index (χ0n) is 14.7. The van der Waals surface area contributed by atoms with Crippen LogP contribution in [0, 0.1) is 0 Å². The van der Waals surface area contributed by atoms with Gasteiger partial charge in [0.1, 0.15) is 22.2 Å². The highest BCUT2D eigenvalue weighted by Crippen LogP contribution is 2.58. The van der Waals surface area contributed by atoms with E-state index in [1.165, 1.54) is 0 Å². The number of nitrogens with zero attached hydrogens (tertiary/aromatic N) is 2. The molecule has 4 N–H and O–H groups in total. The number of primary amides is 1. The molecule has 0 saturated carbocycles. The summed E-state index contributed by atoms with van der Waals surface area (Å²) in [6.07, 6.45) is 2.61. The van der Waals surface area contributed by atoms with Crippen LogP contribution < -0.4 is 15.4 Å². The average molecular weight is 387 g/mol. The highest BCUT2D eigenvalue weighted by Gasteiger charge is 2.34. The van der Waals surface area contributed by atoms with E-state index in [0.29, 0.717) is 29.2 Å². The van der Waals surface area contributed by atoms with Crippen LogP contribution >= 0.6 is 10.8 Å². The summed E-state index contributed by atoms with van der Waals surface area (Å²) < 4.78 is 30.9. The molecule has 4 rings (SSSR count). The van der Waals surface area contributed by atoms with Gasteiger partial charge in [-0.2, -0.15) is 0 Å². The molecular formula is C19H21N3O4S. The number of benzene rings is 2. The number of aryl methyl sites for hydroxylation is 1. The molecule has 0 spiro atoms. The van der Waals surface area contributed by atoms with Crippen molar-refractivity contribution < 1.29 is 18.6 Å². The van der Waals surface area contributed by atoms with E-state index < -0.39 is 10.8 Å². The zero-order valence-corrected chi connectivity index (χ0v) is 15.5. The fourth-order valence-electron chi connectivity index (χ4n) is 3.34. The minimum Gasteiger partial charge on any atom is -0.457 e. The summed E-state index contributed by atoms with van der Waals surface area (Å²) in [5.41, 5.74) is 6.95. The normalized spacial score (nSPS) is 18.3. The summed E-state index contributed by atoms with van der Waals surface area (Å²) in [4.78, 5) is 13.3. The van der Waals surface area contributed by atoms with Gasteiger partial charge >= 0.3 is 0 Å². The summed E-state index contributed by atoms with van der Waals surface area (Å²) in [6.45, 7) is 0.828. The molecular weight excluding hydrogens is 366 g/mol. The van der Waals surface area contributed by atoms with Gasteiger partial charge in [-0.25, -0.2) is 0 Å². The molecule has 1 amide bonds. The molecule has 2 aliphatic rings. The van der Waals surface area contributed by atoms with Crippen LogP contribution in [-0.2, 0) is 11.2 Å². The second-order valence-corrected chi connectivity index (χ2v) is 8.28.